The van der Waals surface area contributed by atoms with E-state index in [0.717, 1.165) is 11.3 Å². The van der Waals surface area contributed by atoms with E-state index >= 15 is 0 Å². The van der Waals surface area contributed by atoms with Crippen molar-refractivity contribution in [1.82, 2.24) is 14.6 Å². The number of nitrogens with zero attached hydrogens (tertiary/aromatic N) is 3. The van der Waals surface area contributed by atoms with Gasteiger partial charge in [-0.3, -0.25) is 4.40 Å². The van der Waals surface area contributed by atoms with Crippen LogP contribution < -0.4 is 4.74 Å². The monoisotopic (exact) mass is 311 g/mol. The largest absolute Gasteiger partial charge is 0.497 e. The number of hydrogen-bond donors (Lipinski definition) is 0. The molecule has 0 aliphatic carbocycles. The van der Waals surface area contributed by atoms with Crippen molar-refractivity contribution < 1.29 is 14.3 Å². The van der Waals surface area contributed by atoms with Crippen molar-refractivity contribution in [1.29, 1.82) is 0 Å². The first-order valence-corrected chi connectivity index (χ1v) is 7.35. The van der Waals surface area contributed by atoms with Crippen LogP contribution in [0.5, 0.6) is 5.75 Å². The van der Waals surface area contributed by atoms with Crippen LogP contribution in [0.2, 0.25) is 0 Å². The summed E-state index contributed by atoms with van der Waals surface area (Å²) in [5, 5.41) is 7.70. The van der Waals surface area contributed by atoms with Gasteiger partial charge in [-0.25, -0.2) is 4.79 Å². The molecular formula is C17H17N3O3. The van der Waals surface area contributed by atoms with E-state index in [9.17, 15) is 4.79 Å². The molecule has 0 aliphatic rings. The molecule has 23 heavy (non-hydrogen) atoms. The quantitative estimate of drug-likeness (QED) is 0.678. The van der Waals surface area contributed by atoms with Crippen LogP contribution in [0, 0.1) is 0 Å². The summed E-state index contributed by atoms with van der Waals surface area (Å²) >= 11 is 0. The van der Waals surface area contributed by atoms with Gasteiger partial charge in [-0.15, -0.1) is 10.2 Å². The lowest BCUT2D eigenvalue weighted by Crippen LogP contribution is -2.12. The molecule has 1 atom stereocenters. The molecule has 1 aromatic carbocycles. The second kappa shape index (κ2) is 6.48. The van der Waals surface area contributed by atoms with Crippen LogP contribution >= 0.6 is 0 Å². The molecule has 0 spiro atoms. The third-order valence-electron chi connectivity index (χ3n) is 3.61. The van der Waals surface area contributed by atoms with E-state index in [-0.39, 0.29) is 12.1 Å². The SMILES string of the molecule is CCC(OC(=O)c1ccc2nncn2c1)c1cccc(OC)c1. The van der Waals surface area contributed by atoms with Crippen molar-refractivity contribution in [3.63, 3.8) is 0 Å². The molecule has 0 fully saturated rings. The van der Waals surface area contributed by atoms with Gasteiger partial charge in [0.2, 0.25) is 0 Å². The Morgan fingerprint density at radius 1 is 1.30 bits per heavy atom. The lowest BCUT2D eigenvalue weighted by molar-refractivity contribution is 0.0287. The van der Waals surface area contributed by atoms with Crippen molar-refractivity contribution in [2.75, 3.05) is 7.11 Å². The highest BCUT2D eigenvalue weighted by Crippen LogP contribution is 2.25. The number of hydrogen-bond acceptors (Lipinski definition) is 5. The first-order valence-electron chi connectivity index (χ1n) is 7.35. The van der Waals surface area contributed by atoms with Crippen LogP contribution in [-0.4, -0.2) is 27.7 Å². The molecule has 0 amide bonds. The molecule has 6 nitrogen and oxygen atoms in total. The van der Waals surface area contributed by atoms with E-state index in [0.29, 0.717) is 17.6 Å². The summed E-state index contributed by atoms with van der Waals surface area (Å²) in [6.07, 6.45) is 3.56. The zero-order valence-electron chi connectivity index (χ0n) is 13.0. The summed E-state index contributed by atoms with van der Waals surface area (Å²) in [6, 6.07) is 11.0. The summed E-state index contributed by atoms with van der Waals surface area (Å²) in [7, 11) is 1.61. The highest BCUT2D eigenvalue weighted by atomic mass is 16.5. The van der Waals surface area contributed by atoms with Crippen LogP contribution in [0.25, 0.3) is 5.65 Å². The Bertz CT molecular complexity index is 829. The van der Waals surface area contributed by atoms with Crippen molar-refractivity contribution in [3.8, 4) is 5.75 Å². The van der Waals surface area contributed by atoms with Gasteiger partial charge in [0, 0.05) is 6.20 Å². The van der Waals surface area contributed by atoms with E-state index in [1.54, 1.807) is 36.2 Å². The zero-order valence-corrected chi connectivity index (χ0v) is 13.0. The van der Waals surface area contributed by atoms with Crippen LogP contribution in [-0.2, 0) is 4.74 Å². The van der Waals surface area contributed by atoms with E-state index in [1.165, 1.54) is 0 Å². The van der Waals surface area contributed by atoms with E-state index in [4.69, 9.17) is 9.47 Å². The Hall–Kier alpha value is -2.89. The molecule has 3 rings (SSSR count). The third kappa shape index (κ3) is 3.15. The topological polar surface area (TPSA) is 65.7 Å². The van der Waals surface area contributed by atoms with Crippen LogP contribution in [0.1, 0.15) is 35.4 Å². The van der Waals surface area contributed by atoms with Gasteiger partial charge < -0.3 is 9.47 Å². The zero-order chi connectivity index (χ0) is 16.2. The maximum absolute atomic E-state index is 12.4. The van der Waals surface area contributed by atoms with Crippen LogP contribution in [0.4, 0.5) is 0 Å². The van der Waals surface area contributed by atoms with Gasteiger partial charge in [0.05, 0.1) is 12.7 Å². The van der Waals surface area contributed by atoms with Crippen LogP contribution in [0.15, 0.2) is 48.9 Å². The number of benzene rings is 1. The van der Waals surface area contributed by atoms with Crippen molar-refractivity contribution in [3.05, 3.63) is 60.0 Å². The number of rotatable bonds is 5. The molecule has 0 aliphatic heterocycles. The second-order valence-electron chi connectivity index (χ2n) is 5.09. The number of fused-ring (bicyclic) bond motifs is 1. The molecular weight excluding hydrogens is 294 g/mol. The fourth-order valence-corrected chi connectivity index (χ4v) is 2.37. The lowest BCUT2D eigenvalue weighted by Gasteiger charge is -2.17. The molecule has 2 heterocycles. The lowest BCUT2D eigenvalue weighted by atomic mass is 10.1. The molecule has 0 saturated carbocycles. The summed E-state index contributed by atoms with van der Waals surface area (Å²) in [6.45, 7) is 1.97. The Labute approximate surface area is 133 Å². The standard InChI is InChI=1S/C17H17N3O3/c1-3-15(12-5-4-6-14(9-12)22-2)23-17(21)13-7-8-16-19-18-11-20(16)10-13/h4-11,15H,3H2,1-2H3. The van der Waals surface area contributed by atoms with E-state index in [2.05, 4.69) is 10.2 Å². The van der Waals surface area contributed by atoms with Gasteiger partial charge >= 0.3 is 5.97 Å². The molecule has 0 bridgehead atoms. The summed E-state index contributed by atoms with van der Waals surface area (Å²) < 4.78 is 12.6. The molecule has 6 heteroatoms. The number of carbonyl (C=O) groups excluding carboxylic acids is 1. The Kier molecular flexibility index (Phi) is 4.23. The van der Waals surface area contributed by atoms with Gasteiger partial charge in [0.15, 0.2) is 5.65 Å². The molecule has 2 aromatic heterocycles. The average Bonchev–Trinajstić information content (AvgIpc) is 3.07. The second-order valence-corrected chi connectivity index (χ2v) is 5.09. The van der Waals surface area contributed by atoms with E-state index < -0.39 is 0 Å². The van der Waals surface area contributed by atoms with Crippen LogP contribution in [0.3, 0.4) is 0 Å². The predicted molar refractivity (Wildman–Crippen MR) is 84.4 cm³/mol. The predicted octanol–water partition coefficient (Wildman–Crippen LogP) is 3.05. The number of ether oxygens (including phenoxy) is 2. The highest BCUT2D eigenvalue weighted by molar-refractivity contribution is 5.89. The number of carbonyl (C=O) groups is 1. The molecule has 118 valence electrons. The normalized spacial score (nSPS) is 12.1. The van der Waals surface area contributed by atoms with Gasteiger partial charge in [-0.05, 0) is 36.2 Å². The van der Waals surface area contributed by atoms with E-state index in [1.807, 2.05) is 31.2 Å². The van der Waals surface area contributed by atoms with Gasteiger partial charge in [0.25, 0.3) is 0 Å². The maximum atomic E-state index is 12.4. The number of aromatic nitrogens is 3. The first-order chi connectivity index (χ1) is 11.2. The van der Waals surface area contributed by atoms with Gasteiger partial charge in [0.1, 0.15) is 18.2 Å². The van der Waals surface area contributed by atoms with Crippen molar-refractivity contribution in [2.24, 2.45) is 0 Å². The Morgan fingerprint density at radius 3 is 2.96 bits per heavy atom. The highest BCUT2D eigenvalue weighted by Gasteiger charge is 2.17. The Balaban J connectivity index is 1.81. The summed E-state index contributed by atoms with van der Waals surface area (Å²) in [4.78, 5) is 12.4. The smallest absolute Gasteiger partial charge is 0.340 e. The molecule has 1 unspecified atom stereocenters. The molecule has 3 aromatic rings. The average molecular weight is 311 g/mol. The summed E-state index contributed by atoms with van der Waals surface area (Å²) in [5.74, 6) is 0.359. The molecule has 0 N–H and O–H groups in total. The van der Waals surface area contributed by atoms with Crippen molar-refractivity contribution >= 4 is 11.6 Å². The minimum absolute atomic E-state index is 0.325. The number of pyridine rings is 1. The molecule has 0 radical (unpaired) electrons. The Morgan fingerprint density at radius 2 is 2.17 bits per heavy atom. The minimum atomic E-state index is -0.379. The number of methoxy groups -OCH3 is 1. The summed E-state index contributed by atoms with van der Waals surface area (Å²) in [5.41, 5.74) is 2.05. The number of esters is 1. The minimum Gasteiger partial charge on any atom is -0.497 e. The van der Waals surface area contributed by atoms with Gasteiger partial charge in [-0.1, -0.05) is 19.1 Å². The first kappa shape index (κ1) is 15.0. The molecule has 0 saturated heterocycles. The third-order valence-corrected chi connectivity index (χ3v) is 3.61. The fraction of sp³-hybridized carbons (Fsp3) is 0.235. The maximum Gasteiger partial charge on any atom is 0.340 e. The fourth-order valence-electron chi connectivity index (χ4n) is 2.37. The van der Waals surface area contributed by atoms with Gasteiger partial charge in [-0.2, -0.15) is 0 Å². The van der Waals surface area contributed by atoms with Crippen molar-refractivity contribution in [2.45, 2.75) is 19.4 Å².